The summed E-state index contributed by atoms with van der Waals surface area (Å²) < 4.78 is 39.1. The fraction of sp³-hybridized carbons (Fsp3) is 0.237. The molecule has 2 saturated heterocycles. The number of nitroso groups, excluding NO2 is 1. The van der Waals surface area contributed by atoms with Gasteiger partial charge in [0.1, 0.15) is 35.0 Å². The van der Waals surface area contributed by atoms with Crippen molar-refractivity contribution in [3.63, 3.8) is 0 Å². The Labute approximate surface area is 298 Å². The maximum Gasteiger partial charge on any atom is 0.519 e. The van der Waals surface area contributed by atoms with E-state index in [1.54, 1.807) is 40.3 Å². The second kappa shape index (κ2) is 16.4. The predicted molar refractivity (Wildman–Crippen MR) is 187 cm³/mol. The predicted octanol–water partition coefficient (Wildman–Crippen LogP) is 6.15. The fourth-order valence-corrected chi connectivity index (χ4v) is 6.45. The van der Waals surface area contributed by atoms with Crippen molar-refractivity contribution < 1.29 is 32.6 Å². The summed E-state index contributed by atoms with van der Waals surface area (Å²) in [5, 5.41) is 8.97. The molecular weight excluding hydrogens is 674 g/mol. The van der Waals surface area contributed by atoms with E-state index in [-0.39, 0.29) is 61.4 Å². The van der Waals surface area contributed by atoms with Crippen LogP contribution in [0, 0.1) is 16.5 Å². The van der Waals surface area contributed by atoms with Gasteiger partial charge >= 0.3 is 12.2 Å². The van der Waals surface area contributed by atoms with Crippen LogP contribution in [0.1, 0.15) is 16.7 Å². The van der Waals surface area contributed by atoms with E-state index in [1.165, 1.54) is 41.4 Å². The average molecular weight is 711 g/mol. The molecule has 268 valence electrons. The van der Waals surface area contributed by atoms with Gasteiger partial charge in [0.25, 0.3) is 0 Å². The summed E-state index contributed by atoms with van der Waals surface area (Å²) in [7, 11) is 0. The molecular formula is C38H36F2N6O6. The third-order valence-corrected chi connectivity index (χ3v) is 8.78. The molecule has 52 heavy (non-hydrogen) atoms. The summed E-state index contributed by atoms with van der Waals surface area (Å²) in [4.78, 5) is 54.4. The Hall–Kier alpha value is -5.99. The van der Waals surface area contributed by atoms with Crippen molar-refractivity contribution in [3.8, 4) is 11.5 Å². The minimum absolute atomic E-state index is 0.0619. The van der Waals surface area contributed by atoms with Crippen LogP contribution in [-0.2, 0) is 24.3 Å². The number of fused-ring (bicyclic) bond motifs is 1. The van der Waals surface area contributed by atoms with Gasteiger partial charge in [0, 0.05) is 44.4 Å². The third kappa shape index (κ3) is 8.65. The number of carbonyl (C=O) groups is 3. The van der Waals surface area contributed by atoms with Crippen molar-refractivity contribution in [3.05, 3.63) is 143 Å². The molecule has 0 aromatic heterocycles. The molecule has 6 rings (SSSR count). The molecule has 2 atom stereocenters. The monoisotopic (exact) mass is 710 g/mol. The maximum absolute atomic E-state index is 14.9. The summed E-state index contributed by atoms with van der Waals surface area (Å²) in [5.74, 6) is -1.17. The van der Waals surface area contributed by atoms with E-state index in [9.17, 15) is 28.1 Å². The SMILES string of the molecule is C=CCN1CC(=O)N2[C@@H](Cc3ccc(OC(=O)Oc4ccc(N=O)cc4)cc3)CN(Cc3ccc(F)cc3F)C[C@@H]2N1C(=O)NCc1ccccc1. The highest BCUT2D eigenvalue weighted by atomic mass is 19.1. The van der Waals surface area contributed by atoms with Crippen LogP contribution in [0.15, 0.2) is 115 Å². The first-order valence-corrected chi connectivity index (χ1v) is 16.6. The van der Waals surface area contributed by atoms with Crippen molar-refractivity contribution >= 4 is 23.8 Å². The van der Waals surface area contributed by atoms with Crippen molar-refractivity contribution in [2.45, 2.75) is 31.7 Å². The molecule has 2 aliphatic heterocycles. The van der Waals surface area contributed by atoms with Crippen LogP contribution in [0.3, 0.4) is 0 Å². The number of hydrogen-bond acceptors (Lipinski definition) is 9. The maximum atomic E-state index is 14.9. The van der Waals surface area contributed by atoms with Crippen molar-refractivity contribution in [1.82, 2.24) is 25.1 Å². The Bertz CT molecular complexity index is 1910. The number of amides is 3. The lowest BCUT2D eigenvalue weighted by Gasteiger charge is -2.55. The molecule has 0 saturated carbocycles. The molecule has 12 nitrogen and oxygen atoms in total. The van der Waals surface area contributed by atoms with Crippen LogP contribution in [0.25, 0.3) is 0 Å². The number of carbonyl (C=O) groups excluding carboxylic acids is 3. The van der Waals surface area contributed by atoms with Crippen molar-refractivity contribution in [2.24, 2.45) is 5.18 Å². The largest absolute Gasteiger partial charge is 0.519 e. The Balaban J connectivity index is 1.22. The minimum Gasteiger partial charge on any atom is -0.395 e. The molecule has 2 fully saturated rings. The topological polar surface area (TPSA) is 124 Å². The number of hydrogen-bond donors (Lipinski definition) is 1. The van der Waals surface area contributed by atoms with Crippen LogP contribution >= 0.6 is 0 Å². The lowest BCUT2D eigenvalue weighted by atomic mass is 9.99. The Morgan fingerprint density at radius 3 is 2.25 bits per heavy atom. The highest BCUT2D eigenvalue weighted by molar-refractivity contribution is 5.83. The van der Waals surface area contributed by atoms with E-state index in [1.807, 2.05) is 35.2 Å². The standard InChI is InChI=1S/C38H36F2N6O6/c1-2-18-44-25-36(47)45-31(19-26-8-14-32(15-9-26)51-38(49)52-33-16-12-30(42-50)13-17-33)23-43(22-28-10-11-29(39)20-34(28)40)24-35(45)46(44)37(48)41-21-27-6-4-3-5-7-27/h2-17,20,31,35H,1,18-19,21-25H2,(H,41,48)/t31-,35-/m0/s1. The van der Waals surface area contributed by atoms with Crippen LogP contribution < -0.4 is 14.8 Å². The van der Waals surface area contributed by atoms with Crippen LogP contribution in [-0.4, -0.2) is 76.3 Å². The van der Waals surface area contributed by atoms with Gasteiger partial charge in [-0.2, -0.15) is 0 Å². The fourth-order valence-electron chi connectivity index (χ4n) is 6.45. The van der Waals surface area contributed by atoms with Gasteiger partial charge in [-0.05, 0) is 65.2 Å². The van der Waals surface area contributed by atoms with E-state index in [4.69, 9.17) is 9.47 Å². The molecule has 1 N–H and O–H groups in total. The van der Waals surface area contributed by atoms with Gasteiger partial charge in [-0.15, -0.1) is 11.5 Å². The average Bonchev–Trinajstić information content (AvgIpc) is 3.13. The van der Waals surface area contributed by atoms with Crippen molar-refractivity contribution in [2.75, 3.05) is 26.2 Å². The number of nitrogens with zero attached hydrogens (tertiary/aromatic N) is 5. The quantitative estimate of drug-likeness (QED) is 0.0852. The van der Waals surface area contributed by atoms with E-state index in [2.05, 4.69) is 17.1 Å². The second-order valence-electron chi connectivity index (χ2n) is 12.4. The van der Waals surface area contributed by atoms with Gasteiger partial charge in [-0.25, -0.2) is 28.4 Å². The Kier molecular flexibility index (Phi) is 11.3. The molecule has 4 aromatic rings. The summed E-state index contributed by atoms with van der Waals surface area (Å²) in [5.41, 5.74) is 2.17. The van der Waals surface area contributed by atoms with Crippen LogP contribution in [0.4, 0.5) is 24.1 Å². The molecule has 4 aromatic carbocycles. The first-order chi connectivity index (χ1) is 25.2. The molecule has 3 amide bonds. The van der Waals surface area contributed by atoms with E-state index >= 15 is 0 Å². The van der Waals surface area contributed by atoms with Gasteiger partial charge < -0.3 is 19.7 Å². The van der Waals surface area contributed by atoms with Gasteiger partial charge in [-0.1, -0.05) is 54.6 Å². The molecule has 0 bridgehead atoms. The van der Waals surface area contributed by atoms with Gasteiger partial charge in [0.2, 0.25) is 5.91 Å². The van der Waals surface area contributed by atoms with Gasteiger partial charge in [0.15, 0.2) is 0 Å². The first-order valence-electron chi connectivity index (χ1n) is 16.6. The van der Waals surface area contributed by atoms with E-state index < -0.39 is 36.0 Å². The van der Waals surface area contributed by atoms with Crippen LogP contribution in [0.5, 0.6) is 11.5 Å². The molecule has 0 unspecified atom stereocenters. The Morgan fingerprint density at radius 1 is 0.904 bits per heavy atom. The zero-order valence-corrected chi connectivity index (χ0v) is 28.1. The molecule has 14 heteroatoms. The second-order valence-corrected chi connectivity index (χ2v) is 12.4. The lowest BCUT2D eigenvalue weighted by molar-refractivity contribution is -0.182. The number of piperazine rings is 1. The lowest BCUT2D eigenvalue weighted by Crippen LogP contribution is -2.75. The van der Waals surface area contributed by atoms with E-state index in [0.717, 1.165) is 17.2 Å². The smallest absolute Gasteiger partial charge is 0.395 e. The van der Waals surface area contributed by atoms with Crippen molar-refractivity contribution in [1.29, 1.82) is 0 Å². The molecule has 2 aliphatic rings. The van der Waals surface area contributed by atoms with Gasteiger partial charge in [-0.3, -0.25) is 9.69 Å². The number of benzene rings is 4. The molecule has 0 spiro atoms. The van der Waals surface area contributed by atoms with Crippen LogP contribution in [0.2, 0.25) is 0 Å². The summed E-state index contributed by atoms with van der Waals surface area (Å²) in [6.45, 7) is 4.91. The normalized spacial score (nSPS) is 17.6. The number of hydrazine groups is 1. The Morgan fingerprint density at radius 2 is 1.60 bits per heavy atom. The summed E-state index contributed by atoms with van der Waals surface area (Å²) >= 11 is 0. The van der Waals surface area contributed by atoms with Gasteiger partial charge in [0.05, 0.1) is 12.6 Å². The summed E-state index contributed by atoms with van der Waals surface area (Å²) in [6, 6.07) is 24.3. The molecule has 0 radical (unpaired) electrons. The molecule has 0 aliphatic carbocycles. The highest BCUT2D eigenvalue weighted by Crippen LogP contribution is 2.29. The number of nitrogens with one attached hydrogen (secondary N) is 1. The number of halogens is 2. The third-order valence-electron chi connectivity index (χ3n) is 8.78. The molecule has 2 heterocycles. The zero-order chi connectivity index (χ0) is 36.6. The number of ether oxygens (including phenoxy) is 2. The number of rotatable bonds is 11. The summed E-state index contributed by atoms with van der Waals surface area (Å²) in [6.07, 6.45) is 0.236. The number of urea groups is 1. The first kappa shape index (κ1) is 35.8. The minimum atomic E-state index is -0.980. The highest BCUT2D eigenvalue weighted by Gasteiger charge is 2.48. The van der Waals surface area contributed by atoms with E-state index in [0.29, 0.717) is 13.0 Å². The zero-order valence-electron chi connectivity index (χ0n) is 28.1.